The van der Waals surface area contributed by atoms with Crippen molar-refractivity contribution in [2.24, 2.45) is 0 Å². The third-order valence-electron chi connectivity index (χ3n) is 9.79. The zero-order valence-electron chi connectivity index (χ0n) is 24.8. The Hall–Kier alpha value is -5.38. The Balaban J connectivity index is 1.25. The maximum atomic E-state index is 6.54. The van der Waals surface area contributed by atoms with Crippen molar-refractivity contribution in [3.63, 3.8) is 0 Å². The van der Waals surface area contributed by atoms with Crippen LogP contribution in [-0.2, 0) is 6.42 Å². The maximum absolute atomic E-state index is 6.54. The third kappa shape index (κ3) is 3.94. The summed E-state index contributed by atoms with van der Waals surface area (Å²) in [6.45, 7) is 0. The number of rotatable bonds is 5. The lowest BCUT2D eigenvalue weighted by atomic mass is 10.00. The molecule has 9 rings (SSSR count). The van der Waals surface area contributed by atoms with Gasteiger partial charge >= 0.3 is 0 Å². The van der Waals surface area contributed by atoms with Crippen molar-refractivity contribution in [2.75, 3.05) is 0 Å². The Morgan fingerprint density at radius 3 is 1.60 bits per heavy atom. The van der Waals surface area contributed by atoms with Crippen molar-refractivity contribution in [2.45, 2.75) is 12.0 Å². The summed E-state index contributed by atoms with van der Waals surface area (Å²) in [5.74, 6) is 0.984. The molecule has 0 spiro atoms. The second-order valence-corrected chi connectivity index (χ2v) is 16.2. The SMILES string of the molecule is C1=CC([Si](c2ccccc2)(c2ccccc2)c2ccccc2)Cc2c1oc1ccc(-n3c4ccccc4c4ccccc43)cc21. The van der Waals surface area contributed by atoms with Gasteiger partial charge in [0.05, 0.1) is 11.0 Å². The first-order chi connectivity index (χ1) is 22.3. The van der Waals surface area contributed by atoms with Gasteiger partial charge in [-0.1, -0.05) is 133 Å². The van der Waals surface area contributed by atoms with Crippen molar-refractivity contribution in [1.29, 1.82) is 0 Å². The number of hydrogen-bond acceptors (Lipinski definition) is 1. The Labute approximate surface area is 263 Å². The largest absolute Gasteiger partial charge is 0.456 e. The van der Waals surface area contributed by atoms with Crippen molar-refractivity contribution >= 4 is 62.5 Å². The van der Waals surface area contributed by atoms with Crippen LogP contribution in [0.5, 0.6) is 0 Å². The van der Waals surface area contributed by atoms with Gasteiger partial charge in [0.1, 0.15) is 11.3 Å². The average Bonchev–Trinajstić information content (AvgIpc) is 3.65. The molecule has 0 saturated carbocycles. The molecular weight excluding hydrogens is 563 g/mol. The lowest BCUT2D eigenvalue weighted by Gasteiger charge is -2.40. The van der Waals surface area contributed by atoms with Crippen LogP contribution in [0.4, 0.5) is 0 Å². The molecule has 1 unspecified atom stereocenters. The summed E-state index contributed by atoms with van der Waals surface area (Å²) in [5.41, 5.74) is 6.15. The van der Waals surface area contributed by atoms with Gasteiger partial charge in [0.15, 0.2) is 8.07 Å². The lowest BCUT2D eigenvalue weighted by Crippen LogP contribution is -2.70. The molecule has 0 fully saturated rings. The third-order valence-corrected chi connectivity index (χ3v) is 15.0. The predicted octanol–water partition coefficient (Wildman–Crippen LogP) is 8.64. The number of benzene rings is 6. The average molecular weight is 594 g/mol. The van der Waals surface area contributed by atoms with Crippen LogP contribution >= 0.6 is 0 Å². The topological polar surface area (TPSA) is 18.1 Å². The van der Waals surface area contributed by atoms with Gasteiger partial charge in [0, 0.05) is 27.4 Å². The first kappa shape index (κ1) is 26.1. The first-order valence-corrected chi connectivity index (χ1v) is 17.8. The molecular formula is C42H31NOSi. The molecule has 3 heteroatoms. The summed E-state index contributed by atoms with van der Waals surface area (Å²) in [6.07, 6.45) is 5.61. The minimum Gasteiger partial charge on any atom is -0.456 e. The van der Waals surface area contributed by atoms with Gasteiger partial charge in [-0.2, -0.15) is 0 Å². The molecule has 6 aromatic carbocycles. The van der Waals surface area contributed by atoms with Crippen LogP contribution < -0.4 is 15.6 Å². The van der Waals surface area contributed by atoms with E-state index in [1.165, 1.54) is 48.3 Å². The quantitative estimate of drug-likeness (QED) is 0.144. The van der Waals surface area contributed by atoms with E-state index in [4.69, 9.17) is 4.42 Å². The van der Waals surface area contributed by atoms with E-state index in [0.717, 1.165) is 23.5 Å². The first-order valence-electron chi connectivity index (χ1n) is 15.7. The van der Waals surface area contributed by atoms with Gasteiger partial charge in [-0.05, 0) is 63.9 Å². The van der Waals surface area contributed by atoms with Gasteiger partial charge in [0.2, 0.25) is 0 Å². The van der Waals surface area contributed by atoms with E-state index in [-0.39, 0.29) is 0 Å². The van der Waals surface area contributed by atoms with E-state index in [1.54, 1.807) is 0 Å². The summed E-state index contributed by atoms with van der Waals surface area (Å²) < 4.78 is 8.93. The number of hydrogen-bond donors (Lipinski definition) is 0. The Morgan fingerprint density at radius 1 is 0.533 bits per heavy atom. The Kier molecular flexibility index (Phi) is 6.00. The van der Waals surface area contributed by atoms with Crippen molar-refractivity contribution < 1.29 is 4.42 Å². The number of furan rings is 1. The normalized spacial score (nSPS) is 14.7. The minimum absolute atomic E-state index is 0.301. The van der Waals surface area contributed by atoms with E-state index < -0.39 is 8.07 Å². The van der Waals surface area contributed by atoms with Gasteiger partial charge in [-0.15, -0.1) is 0 Å². The summed E-state index contributed by atoms with van der Waals surface area (Å²) in [6, 6.07) is 57.8. The molecule has 2 heterocycles. The highest BCUT2D eigenvalue weighted by Crippen LogP contribution is 2.40. The molecule has 0 radical (unpaired) electrons. The smallest absolute Gasteiger partial charge is 0.155 e. The highest BCUT2D eigenvalue weighted by Gasteiger charge is 2.46. The molecule has 0 bridgehead atoms. The molecule has 2 aromatic heterocycles. The summed E-state index contributed by atoms with van der Waals surface area (Å²) in [7, 11) is -2.53. The zero-order valence-corrected chi connectivity index (χ0v) is 25.8. The number of allylic oxidation sites excluding steroid dienone is 1. The highest BCUT2D eigenvalue weighted by atomic mass is 28.3. The second kappa shape index (κ2) is 10.4. The fourth-order valence-electron chi connectivity index (χ4n) is 7.87. The van der Waals surface area contributed by atoms with E-state index in [0.29, 0.717) is 5.54 Å². The fourth-order valence-corrected chi connectivity index (χ4v) is 13.2. The molecule has 0 aliphatic heterocycles. The van der Waals surface area contributed by atoms with Gasteiger partial charge in [-0.25, -0.2) is 0 Å². The summed E-state index contributed by atoms with van der Waals surface area (Å²) in [5, 5.41) is 8.04. The van der Waals surface area contributed by atoms with Crippen LogP contribution in [0.15, 0.2) is 168 Å². The van der Waals surface area contributed by atoms with Gasteiger partial charge < -0.3 is 8.98 Å². The molecule has 0 saturated heterocycles. The molecule has 8 aromatic rings. The minimum atomic E-state index is -2.53. The summed E-state index contributed by atoms with van der Waals surface area (Å²) >= 11 is 0. The van der Waals surface area contributed by atoms with Crippen molar-refractivity contribution in [1.82, 2.24) is 4.57 Å². The number of fused-ring (bicyclic) bond motifs is 6. The van der Waals surface area contributed by atoms with E-state index in [2.05, 4.69) is 174 Å². The maximum Gasteiger partial charge on any atom is 0.155 e. The van der Waals surface area contributed by atoms with Crippen LogP contribution in [0.1, 0.15) is 11.3 Å². The monoisotopic (exact) mass is 593 g/mol. The molecule has 1 aliphatic carbocycles. The van der Waals surface area contributed by atoms with Crippen LogP contribution in [0, 0.1) is 0 Å². The van der Waals surface area contributed by atoms with Gasteiger partial charge in [0.25, 0.3) is 0 Å². The molecule has 2 nitrogen and oxygen atoms in total. The highest BCUT2D eigenvalue weighted by molar-refractivity contribution is 7.12. The molecule has 0 N–H and O–H groups in total. The van der Waals surface area contributed by atoms with Gasteiger partial charge in [-0.3, -0.25) is 0 Å². The van der Waals surface area contributed by atoms with Crippen LogP contribution in [0.2, 0.25) is 5.54 Å². The molecule has 1 atom stereocenters. The molecule has 214 valence electrons. The van der Waals surface area contributed by atoms with Crippen molar-refractivity contribution in [3.8, 4) is 5.69 Å². The number of aromatic nitrogens is 1. The van der Waals surface area contributed by atoms with Crippen LogP contribution in [-0.4, -0.2) is 12.6 Å². The number of nitrogens with zero attached hydrogens (tertiary/aromatic N) is 1. The summed E-state index contributed by atoms with van der Waals surface area (Å²) in [4.78, 5) is 0. The lowest BCUT2D eigenvalue weighted by molar-refractivity contribution is 0.595. The molecule has 45 heavy (non-hydrogen) atoms. The second-order valence-electron chi connectivity index (χ2n) is 12.1. The molecule has 0 amide bonds. The molecule has 1 aliphatic rings. The Morgan fingerprint density at radius 2 is 1.04 bits per heavy atom. The van der Waals surface area contributed by atoms with E-state index in [1.807, 2.05) is 0 Å². The zero-order chi connectivity index (χ0) is 29.8. The van der Waals surface area contributed by atoms with Crippen LogP contribution in [0.25, 0.3) is 44.5 Å². The predicted molar refractivity (Wildman–Crippen MR) is 191 cm³/mol. The fraction of sp³-hybridized carbons (Fsp3) is 0.0476. The van der Waals surface area contributed by atoms with Crippen molar-refractivity contribution in [3.05, 3.63) is 175 Å². The number of para-hydroxylation sites is 2. The standard InChI is InChI=1S/C42H31NOSi/c1-4-14-31(15-5-1)45(32-16-6-2-7-17-32,33-18-8-3-9-19-33)34-25-27-42-38(29-34)37-28-30(24-26-41(37)44-42)43-39-22-12-10-20-35(39)36-21-11-13-23-40(36)43/h1-28,34H,29H2. The van der Waals surface area contributed by atoms with E-state index >= 15 is 0 Å². The van der Waals surface area contributed by atoms with Crippen LogP contribution in [0.3, 0.4) is 0 Å². The van der Waals surface area contributed by atoms with E-state index in [9.17, 15) is 0 Å². The Bertz CT molecular complexity index is 2200.